The maximum Gasteiger partial charge on any atom is 0.0312 e. The van der Waals surface area contributed by atoms with Gasteiger partial charge in [-0.05, 0) is 36.3 Å². The summed E-state index contributed by atoms with van der Waals surface area (Å²) in [7, 11) is 0. The van der Waals surface area contributed by atoms with Crippen LogP contribution in [-0.2, 0) is 6.54 Å². The standard InChI is InChI=1S/C12H16N2/c1-4-10-11(5-1)12(10)14-8-9-3-2-6-13-7-9/h2-3,6-7,10-12,14H,1,4-5,8H2. The molecule has 3 rings (SSSR count). The normalized spacial score (nSPS) is 34.1. The molecule has 0 amide bonds. The van der Waals surface area contributed by atoms with Crippen LogP contribution in [-0.4, -0.2) is 11.0 Å². The lowest BCUT2D eigenvalue weighted by molar-refractivity contribution is 0.560. The van der Waals surface area contributed by atoms with Gasteiger partial charge in [0.1, 0.15) is 0 Å². The van der Waals surface area contributed by atoms with Gasteiger partial charge in [0.05, 0.1) is 0 Å². The number of rotatable bonds is 3. The van der Waals surface area contributed by atoms with Crippen LogP contribution in [0.2, 0.25) is 0 Å². The Morgan fingerprint density at radius 1 is 1.36 bits per heavy atom. The summed E-state index contributed by atoms with van der Waals surface area (Å²) in [6, 6.07) is 4.96. The number of nitrogens with one attached hydrogen (secondary N) is 1. The first-order valence-corrected chi connectivity index (χ1v) is 5.57. The van der Waals surface area contributed by atoms with Crippen LogP contribution < -0.4 is 5.32 Å². The molecule has 1 heterocycles. The molecule has 2 saturated carbocycles. The van der Waals surface area contributed by atoms with Crippen molar-refractivity contribution in [1.29, 1.82) is 0 Å². The molecule has 0 spiro atoms. The molecule has 2 nitrogen and oxygen atoms in total. The van der Waals surface area contributed by atoms with Crippen molar-refractivity contribution in [3.63, 3.8) is 0 Å². The van der Waals surface area contributed by atoms with E-state index in [-0.39, 0.29) is 0 Å². The number of hydrogen-bond acceptors (Lipinski definition) is 2. The first kappa shape index (κ1) is 8.42. The van der Waals surface area contributed by atoms with E-state index in [0.29, 0.717) is 0 Å². The van der Waals surface area contributed by atoms with Gasteiger partial charge in [-0.3, -0.25) is 4.98 Å². The quantitative estimate of drug-likeness (QED) is 0.784. The number of aromatic nitrogens is 1. The fourth-order valence-electron chi connectivity index (χ4n) is 2.86. The summed E-state index contributed by atoms with van der Waals surface area (Å²) in [6.07, 6.45) is 8.14. The van der Waals surface area contributed by atoms with Crippen molar-refractivity contribution in [2.45, 2.75) is 31.8 Å². The minimum atomic E-state index is 0.823. The second-order valence-electron chi connectivity index (χ2n) is 4.53. The zero-order chi connectivity index (χ0) is 9.38. The van der Waals surface area contributed by atoms with Crippen molar-refractivity contribution in [2.75, 3.05) is 0 Å². The summed E-state index contributed by atoms with van der Waals surface area (Å²) in [5, 5.41) is 3.63. The van der Waals surface area contributed by atoms with Crippen molar-refractivity contribution in [2.24, 2.45) is 11.8 Å². The molecule has 2 aliphatic carbocycles. The van der Waals surface area contributed by atoms with Crippen molar-refractivity contribution >= 4 is 0 Å². The Balaban J connectivity index is 1.52. The van der Waals surface area contributed by atoms with Gasteiger partial charge in [0.2, 0.25) is 0 Å². The highest BCUT2D eigenvalue weighted by Crippen LogP contribution is 2.51. The van der Waals surface area contributed by atoms with Gasteiger partial charge in [0.25, 0.3) is 0 Å². The summed E-state index contributed by atoms with van der Waals surface area (Å²) < 4.78 is 0. The molecule has 2 fully saturated rings. The molecule has 2 aliphatic rings. The average Bonchev–Trinajstić information content (AvgIpc) is 2.69. The molecule has 0 radical (unpaired) electrons. The second-order valence-corrected chi connectivity index (χ2v) is 4.53. The first-order valence-electron chi connectivity index (χ1n) is 5.57. The molecule has 0 saturated heterocycles. The highest BCUT2D eigenvalue weighted by molar-refractivity contribution is 5.11. The monoisotopic (exact) mass is 188 g/mol. The van der Waals surface area contributed by atoms with Gasteiger partial charge < -0.3 is 5.32 Å². The minimum absolute atomic E-state index is 0.823. The maximum atomic E-state index is 4.12. The highest BCUT2D eigenvalue weighted by Gasteiger charge is 2.51. The summed E-state index contributed by atoms with van der Waals surface area (Å²) in [4.78, 5) is 4.12. The zero-order valence-electron chi connectivity index (χ0n) is 8.32. The van der Waals surface area contributed by atoms with Crippen molar-refractivity contribution in [3.05, 3.63) is 30.1 Å². The molecule has 2 atom stereocenters. The van der Waals surface area contributed by atoms with Crippen LogP contribution in [0, 0.1) is 11.8 Å². The summed E-state index contributed by atoms with van der Waals surface area (Å²) in [5.74, 6) is 2.01. The lowest BCUT2D eigenvalue weighted by Crippen LogP contribution is -2.20. The van der Waals surface area contributed by atoms with E-state index >= 15 is 0 Å². The number of hydrogen-bond donors (Lipinski definition) is 1. The molecule has 74 valence electrons. The van der Waals surface area contributed by atoms with Crippen molar-refractivity contribution in [1.82, 2.24) is 10.3 Å². The van der Waals surface area contributed by atoms with Gasteiger partial charge >= 0.3 is 0 Å². The van der Waals surface area contributed by atoms with Gasteiger partial charge in [-0.25, -0.2) is 0 Å². The SMILES string of the molecule is c1cncc(CNC2C3CCCC32)c1. The Kier molecular flexibility index (Phi) is 2.02. The van der Waals surface area contributed by atoms with E-state index in [1.807, 2.05) is 18.5 Å². The summed E-state index contributed by atoms with van der Waals surface area (Å²) in [6.45, 7) is 0.992. The molecule has 2 unspecified atom stereocenters. The molecule has 2 heteroatoms. The van der Waals surface area contributed by atoms with E-state index in [1.54, 1.807) is 0 Å². The topological polar surface area (TPSA) is 24.9 Å². The molecule has 1 aromatic rings. The Morgan fingerprint density at radius 2 is 2.21 bits per heavy atom. The lowest BCUT2D eigenvalue weighted by atomic mass is 10.2. The average molecular weight is 188 g/mol. The van der Waals surface area contributed by atoms with Crippen LogP contribution in [0.3, 0.4) is 0 Å². The van der Waals surface area contributed by atoms with Crippen LogP contribution in [0.5, 0.6) is 0 Å². The van der Waals surface area contributed by atoms with Crippen LogP contribution in [0.4, 0.5) is 0 Å². The molecule has 0 bridgehead atoms. The highest BCUT2D eigenvalue weighted by atomic mass is 15.0. The lowest BCUT2D eigenvalue weighted by Gasteiger charge is -2.05. The molecule has 14 heavy (non-hydrogen) atoms. The van der Waals surface area contributed by atoms with Gasteiger partial charge in [-0.1, -0.05) is 12.5 Å². The molecule has 0 aliphatic heterocycles. The Hall–Kier alpha value is -0.890. The van der Waals surface area contributed by atoms with Gasteiger partial charge in [-0.15, -0.1) is 0 Å². The maximum absolute atomic E-state index is 4.12. The minimum Gasteiger partial charge on any atom is -0.309 e. The fourth-order valence-corrected chi connectivity index (χ4v) is 2.86. The Bertz CT molecular complexity index is 299. The molecule has 1 N–H and O–H groups in total. The molecular formula is C12H16N2. The van der Waals surface area contributed by atoms with Crippen LogP contribution in [0.25, 0.3) is 0 Å². The number of pyridine rings is 1. The third kappa shape index (κ3) is 1.44. The Morgan fingerprint density at radius 3 is 2.93 bits per heavy atom. The predicted molar refractivity (Wildman–Crippen MR) is 55.7 cm³/mol. The smallest absolute Gasteiger partial charge is 0.0312 e. The van der Waals surface area contributed by atoms with E-state index < -0.39 is 0 Å². The van der Waals surface area contributed by atoms with E-state index in [2.05, 4.69) is 16.4 Å². The van der Waals surface area contributed by atoms with E-state index in [0.717, 1.165) is 24.4 Å². The van der Waals surface area contributed by atoms with E-state index in [4.69, 9.17) is 0 Å². The van der Waals surface area contributed by atoms with Gasteiger partial charge in [0.15, 0.2) is 0 Å². The first-order chi connectivity index (χ1) is 6.95. The van der Waals surface area contributed by atoms with Crippen LogP contribution in [0.15, 0.2) is 24.5 Å². The van der Waals surface area contributed by atoms with Gasteiger partial charge in [-0.2, -0.15) is 0 Å². The van der Waals surface area contributed by atoms with Crippen LogP contribution in [0.1, 0.15) is 24.8 Å². The summed E-state index contributed by atoms with van der Waals surface area (Å²) in [5.41, 5.74) is 1.30. The zero-order valence-corrected chi connectivity index (χ0v) is 8.32. The fraction of sp³-hybridized carbons (Fsp3) is 0.583. The van der Waals surface area contributed by atoms with Crippen LogP contribution >= 0.6 is 0 Å². The summed E-state index contributed by atoms with van der Waals surface area (Å²) >= 11 is 0. The predicted octanol–water partition coefficient (Wildman–Crippen LogP) is 1.97. The Labute approximate surface area is 84.7 Å². The van der Waals surface area contributed by atoms with E-state index in [9.17, 15) is 0 Å². The van der Waals surface area contributed by atoms with Crippen molar-refractivity contribution < 1.29 is 0 Å². The molecule has 1 aromatic heterocycles. The van der Waals surface area contributed by atoms with Gasteiger partial charge in [0, 0.05) is 25.0 Å². The van der Waals surface area contributed by atoms with Crippen molar-refractivity contribution in [3.8, 4) is 0 Å². The largest absolute Gasteiger partial charge is 0.309 e. The number of fused-ring (bicyclic) bond motifs is 1. The number of nitrogens with zero attached hydrogens (tertiary/aromatic N) is 1. The van der Waals surface area contributed by atoms with E-state index in [1.165, 1.54) is 24.8 Å². The third-order valence-electron chi connectivity index (χ3n) is 3.67. The molecular weight excluding hydrogens is 172 g/mol. The second kappa shape index (κ2) is 3.35. The third-order valence-corrected chi connectivity index (χ3v) is 3.67. The molecule has 0 aromatic carbocycles.